The first-order chi connectivity index (χ1) is 10.2. The molecule has 0 amide bonds. The van der Waals surface area contributed by atoms with E-state index in [1.54, 1.807) is 11.3 Å². The molecule has 0 spiro atoms. The van der Waals surface area contributed by atoms with Gasteiger partial charge in [0.2, 0.25) is 0 Å². The van der Waals surface area contributed by atoms with Crippen LogP contribution in [0.1, 0.15) is 43.5 Å². The minimum absolute atomic E-state index is 0.339. The number of anilines is 1. The van der Waals surface area contributed by atoms with Gasteiger partial charge in [-0.25, -0.2) is 0 Å². The molecule has 0 radical (unpaired) electrons. The first kappa shape index (κ1) is 15.4. The Morgan fingerprint density at radius 2 is 1.95 bits per heavy atom. The molecule has 1 unspecified atom stereocenters. The first-order valence-corrected chi connectivity index (χ1v) is 9.99. The average Bonchev–Trinajstić information content (AvgIpc) is 3.12. The summed E-state index contributed by atoms with van der Waals surface area (Å²) in [4.78, 5) is 2.76. The highest BCUT2D eigenvalue weighted by Gasteiger charge is 2.18. The number of thiophene rings is 1. The number of hydrogen-bond acceptors (Lipinski definition) is 3. The van der Waals surface area contributed by atoms with Gasteiger partial charge in [-0.1, -0.05) is 25.0 Å². The summed E-state index contributed by atoms with van der Waals surface area (Å²) in [6.07, 6.45) is 5.53. The first-order valence-electron chi connectivity index (χ1n) is 7.50. The van der Waals surface area contributed by atoms with Gasteiger partial charge in [-0.05, 0) is 60.0 Å². The predicted octanol–water partition coefficient (Wildman–Crippen LogP) is 6.72. The topological polar surface area (TPSA) is 12.0 Å². The van der Waals surface area contributed by atoms with Crippen molar-refractivity contribution in [3.05, 3.63) is 45.1 Å². The molecular formula is C17H20BrNS2. The monoisotopic (exact) mass is 381 g/mol. The summed E-state index contributed by atoms with van der Waals surface area (Å²) in [7, 11) is 0. The standard InChI is InChI=1S/C17H20BrNS2/c1-12(15-10-11-17(18)21-15)19-14-8-4-5-9-16(14)20-13-6-2-3-7-13/h4-5,8-13,19H,2-3,6-7H2,1H3. The Hall–Kier alpha value is -0.450. The van der Waals surface area contributed by atoms with Crippen LogP contribution in [0.5, 0.6) is 0 Å². The van der Waals surface area contributed by atoms with Gasteiger partial charge < -0.3 is 5.32 Å². The minimum atomic E-state index is 0.339. The molecule has 1 atom stereocenters. The molecule has 1 nitrogen and oxygen atoms in total. The maximum absolute atomic E-state index is 3.68. The van der Waals surface area contributed by atoms with Crippen LogP contribution < -0.4 is 5.32 Å². The molecule has 4 heteroatoms. The van der Waals surface area contributed by atoms with Crippen molar-refractivity contribution in [2.75, 3.05) is 5.32 Å². The van der Waals surface area contributed by atoms with Crippen molar-refractivity contribution in [2.24, 2.45) is 0 Å². The van der Waals surface area contributed by atoms with Gasteiger partial charge in [0.15, 0.2) is 0 Å². The molecule has 1 saturated carbocycles. The van der Waals surface area contributed by atoms with Gasteiger partial charge in [0.05, 0.1) is 9.83 Å². The maximum Gasteiger partial charge on any atom is 0.0702 e. The van der Waals surface area contributed by atoms with Gasteiger partial charge in [0.25, 0.3) is 0 Å². The number of para-hydroxylation sites is 1. The zero-order valence-electron chi connectivity index (χ0n) is 12.1. The summed E-state index contributed by atoms with van der Waals surface area (Å²) in [5.74, 6) is 0. The fourth-order valence-corrected chi connectivity index (χ4v) is 5.50. The van der Waals surface area contributed by atoms with Crippen LogP contribution in [0, 0.1) is 0 Å². The lowest BCUT2D eigenvalue weighted by Crippen LogP contribution is -2.06. The highest BCUT2D eigenvalue weighted by Crippen LogP contribution is 2.39. The van der Waals surface area contributed by atoms with Gasteiger partial charge in [-0.15, -0.1) is 23.1 Å². The molecular weight excluding hydrogens is 362 g/mol. The minimum Gasteiger partial charge on any atom is -0.377 e. The average molecular weight is 382 g/mol. The third kappa shape index (κ3) is 4.05. The van der Waals surface area contributed by atoms with Crippen LogP contribution in [-0.2, 0) is 0 Å². The second-order valence-corrected chi connectivity index (χ2v) is 9.37. The summed E-state index contributed by atoms with van der Waals surface area (Å²) in [6.45, 7) is 2.23. The highest BCUT2D eigenvalue weighted by atomic mass is 79.9. The van der Waals surface area contributed by atoms with Crippen LogP contribution in [0.4, 0.5) is 5.69 Å². The van der Waals surface area contributed by atoms with E-state index in [0.29, 0.717) is 6.04 Å². The van der Waals surface area contributed by atoms with Crippen molar-refractivity contribution >= 4 is 44.7 Å². The third-order valence-corrected chi connectivity index (χ3v) is 7.10. The Morgan fingerprint density at radius 3 is 2.67 bits per heavy atom. The third-order valence-electron chi connectivity index (χ3n) is 3.88. The molecule has 1 heterocycles. The van der Waals surface area contributed by atoms with E-state index in [1.807, 2.05) is 0 Å². The lowest BCUT2D eigenvalue weighted by molar-refractivity contribution is 0.886. The number of benzene rings is 1. The summed E-state index contributed by atoms with van der Waals surface area (Å²) in [5.41, 5.74) is 1.27. The number of nitrogens with one attached hydrogen (secondary N) is 1. The molecule has 0 aliphatic heterocycles. The van der Waals surface area contributed by atoms with Crippen molar-refractivity contribution in [3.8, 4) is 0 Å². The van der Waals surface area contributed by atoms with E-state index in [1.165, 1.54) is 44.9 Å². The van der Waals surface area contributed by atoms with E-state index in [9.17, 15) is 0 Å². The van der Waals surface area contributed by atoms with Crippen LogP contribution >= 0.6 is 39.0 Å². The lowest BCUT2D eigenvalue weighted by Gasteiger charge is -2.18. The molecule has 2 aromatic rings. The highest BCUT2D eigenvalue weighted by molar-refractivity contribution is 9.11. The summed E-state index contributed by atoms with van der Waals surface area (Å²) in [6, 6.07) is 13.4. The zero-order chi connectivity index (χ0) is 14.7. The van der Waals surface area contributed by atoms with Gasteiger partial charge in [-0.2, -0.15) is 0 Å². The van der Waals surface area contributed by atoms with E-state index in [-0.39, 0.29) is 0 Å². The molecule has 112 valence electrons. The van der Waals surface area contributed by atoms with Crippen LogP contribution in [0.3, 0.4) is 0 Å². The Balaban J connectivity index is 1.72. The molecule has 0 saturated heterocycles. The van der Waals surface area contributed by atoms with Gasteiger partial charge in [0.1, 0.15) is 0 Å². The molecule has 1 aromatic heterocycles. The fourth-order valence-electron chi connectivity index (χ4n) is 2.74. The second kappa shape index (κ2) is 7.21. The lowest BCUT2D eigenvalue weighted by atomic mass is 10.2. The van der Waals surface area contributed by atoms with Crippen molar-refractivity contribution < 1.29 is 0 Å². The second-order valence-electron chi connectivity index (χ2n) is 5.53. The van der Waals surface area contributed by atoms with Crippen molar-refractivity contribution in [1.82, 2.24) is 0 Å². The molecule has 1 aliphatic rings. The summed E-state index contributed by atoms with van der Waals surface area (Å²) < 4.78 is 1.19. The van der Waals surface area contributed by atoms with Crippen LogP contribution in [-0.4, -0.2) is 5.25 Å². The SMILES string of the molecule is CC(Nc1ccccc1SC1CCCC1)c1ccc(Br)s1. The van der Waals surface area contributed by atoms with E-state index in [0.717, 1.165) is 5.25 Å². The molecule has 21 heavy (non-hydrogen) atoms. The number of thioether (sulfide) groups is 1. The van der Waals surface area contributed by atoms with E-state index < -0.39 is 0 Å². The van der Waals surface area contributed by atoms with Crippen LogP contribution in [0.15, 0.2) is 45.1 Å². The van der Waals surface area contributed by atoms with Crippen LogP contribution in [0.2, 0.25) is 0 Å². The molecule has 0 bridgehead atoms. The molecule has 1 aliphatic carbocycles. The summed E-state index contributed by atoms with van der Waals surface area (Å²) in [5, 5.41) is 4.49. The molecule has 1 N–H and O–H groups in total. The van der Waals surface area contributed by atoms with E-state index >= 15 is 0 Å². The van der Waals surface area contributed by atoms with E-state index in [4.69, 9.17) is 0 Å². The number of hydrogen-bond donors (Lipinski definition) is 1. The Morgan fingerprint density at radius 1 is 1.19 bits per heavy atom. The van der Waals surface area contributed by atoms with Crippen LogP contribution in [0.25, 0.3) is 0 Å². The van der Waals surface area contributed by atoms with E-state index in [2.05, 4.69) is 76.3 Å². The quantitative estimate of drug-likeness (QED) is 0.616. The maximum atomic E-state index is 3.68. The Kier molecular flexibility index (Phi) is 5.30. The van der Waals surface area contributed by atoms with Gasteiger partial charge in [0, 0.05) is 20.7 Å². The predicted molar refractivity (Wildman–Crippen MR) is 98.6 cm³/mol. The summed E-state index contributed by atoms with van der Waals surface area (Å²) >= 11 is 7.40. The largest absolute Gasteiger partial charge is 0.377 e. The number of rotatable bonds is 5. The van der Waals surface area contributed by atoms with Gasteiger partial charge in [-0.3, -0.25) is 0 Å². The van der Waals surface area contributed by atoms with Crippen molar-refractivity contribution in [1.29, 1.82) is 0 Å². The molecule has 1 fully saturated rings. The van der Waals surface area contributed by atoms with Gasteiger partial charge >= 0.3 is 0 Å². The number of halogens is 1. The smallest absolute Gasteiger partial charge is 0.0702 e. The Labute approximate surface area is 143 Å². The Bertz CT molecular complexity index is 590. The van der Waals surface area contributed by atoms with Crippen molar-refractivity contribution in [2.45, 2.75) is 48.8 Å². The molecule has 3 rings (SSSR count). The fraction of sp³-hybridized carbons (Fsp3) is 0.412. The normalized spacial score (nSPS) is 17.0. The molecule has 1 aromatic carbocycles. The van der Waals surface area contributed by atoms with Crippen molar-refractivity contribution in [3.63, 3.8) is 0 Å². The zero-order valence-corrected chi connectivity index (χ0v) is 15.4.